The van der Waals surface area contributed by atoms with Crippen LogP contribution in [0, 0.1) is 5.92 Å². The van der Waals surface area contributed by atoms with E-state index in [1.165, 1.54) is 0 Å². The van der Waals surface area contributed by atoms with Crippen molar-refractivity contribution in [3.05, 3.63) is 29.8 Å². The fraction of sp³-hybridized carbons (Fsp3) is 0.538. The molecule has 0 spiro atoms. The van der Waals surface area contributed by atoms with Gasteiger partial charge in [0.15, 0.2) is 0 Å². The van der Waals surface area contributed by atoms with Gasteiger partial charge < -0.3 is 5.73 Å². The third-order valence-corrected chi connectivity index (χ3v) is 5.08. The van der Waals surface area contributed by atoms with Crippen molar-refractivity contribution in [1.82, 2.24) is 4.72 Å². The lowest BCUT2D eigenvalue weighted by Crippen LogP contribution is -2.29. The van der Waals surface area contributed by atoms with Crippen LogP contribution in [-0.2, 0) is 16.2 Å². The van der Waals surface area contributed by atoms with Crippen LogP contribution in [0.5, 0.6) is 0 Å². The highest BCUT2D eigenvalue weighted by Gasteiger charge is 2.31. The summed E-state index contributed by atoms with van der Waals surface area (Å²) in [5, 5.41) is 0. The van der Waals surface area contributed by atoms with Crippen LogP contribution in [0.15, 0.2) is 29.2 Å². The Hall–Kier alpha value is -1.12. The Morgan fingerprint density at radius 1 is 1.19 bits per heavy atom. The largest absolute Gasteiger partial charge is 0.416 e. The van der Waals surface area contributed by atoms with Crippen LogP contribution >= 0.6 is 0 Å². The van der Waals surface area contributed by atoms with Crippen LogP contribution in [0.4, 0.5) is 13.2 Å². The summed E-state index contributed by atoms with van der Waals surface area (Å²) in [7, 11) is -3.79. The summed E-state index contributed by atoms with van der Waals surface area (Å²) in [6.07, 6.45) is -1.99. The standard InChI is InChI=1S/C13H17F3N2O2S/c14-13(15,16)10-2-5-12(6-3-10)21(19,20)18-8-9-1-4-11(17)7-9/h2-3,5-6,9,11,18H,1,4,7-8,17H2/t9-,11+/m1/s1. The number of nitrogens with one attached hydrogen (secondary N) is 1. The van der Waals surface area contributed by atoms with Crippen molar-refractivity contribution in [1.29, 1.82) is 0 Å². The first-order chi connectivity index (χ1) is 9.68. The summed E-state index contributed by atoms with van der Waals surface area (Å²) < 4.78 is 63.7. The second kappa shape index (κ2) is 5.94. The van der Waals surface area contributed by atoms with Gasteiger partial charge in [0, 0.05) is 12.6 Å². The Bertz CT molecular complexity index is 584. The highest BCUT2D eigenvalue weighted by Crippen LogP contribution is 2.29. The van der Waals surface area contributed by atoms with Gasteiger partial charge in [-0.1, -0.05) is 0 Å². The third kappa shape index (κ3) is 4.18. The molecular weight excluding hydrogens is 305 g/mol. The Morgan fingerprint density at radius 3 is 2.29 bits per heavy atom. The molecule has 0 heterocycles. The van der Waals surface area contributed by atoms with E-state index in [1.54, 1.807) is 0 Å². The van der Waals surface area contributed by atoms with E-state index in [0.29, 0.717) is 0 Å². The second-order valence-electron chi connectivity index (χ2n) is 5.31. The minimum atomic E-state index is -4.48. The zero-order valence-electron chi connectivity index (χ0n) is 11.2. The van der Waals surface area contributed by atoms with E-state index in [0.717, 1.165) is 43.5 Å². The van der Waals surface area contributed by atoms with E-state index >= 15 is 0 Å². The molecule has 0 aromatic heterocycles. The number of rotatable bonds is 4. The fourth-order valence-electron chi connectivity index (χ4n) is 2.43. The highest BCUT2D eigenvalue weighted by atomic mass is 32.2. The molecule has 4 nitrogen and oxygen atoms in total. The monoisotopic (exact) mass is 322 g/mol. The maximum absolute atomic E-state index is 12.4. The summed E-state index contributed by atoms with van der Waals surface area (Å²) >= 11 is 0. The van der Waals surface area contributed by atoms with Crippen LogP contribution < -0.4 is 10.5 Å². The molecule has 1 aromatic carbocycles. The summed E-state index contributed by atoms with van der Waals surface area (Å²) in [5.74, 6) is 0.184. The number of hydrogen-bond donors (Lipinski definition) is 2. The van der Waals surface area contributed by atoms with Gasteiger partial charge in [0.2, 0.25) is 10.0 Å². The minimum absolute atomic E-state index is 0.102. The van der Waals surface area contributed by atoms with Crippen molar-refractivity contribution in [3.63, 3.8) is 0 Å². The van der Waals surface area contributed by atoms with Gasteiger partial charge >= 0.3 is 6.18 Å². The normalized spacial score (nSPS) is 23.4. The Kier molecular flexibility index (Phi) is 4.60. The van der Waals surface area contributed by atoms with Crippen molar-refractivity contribution >= 4 is 10.0 Å². The van der Waals surface area contributed by atoms with Gasteiger partial charge in [-0.05, 0) is 49.4 Å². The molecule has 1 aromatic rings. The molecule has 2 rings (SSSR count). The van der Waals surface area contributed by atoms with Crippen LogP contribution in [0.25, 0.3) is 0 Å². The van der Waals surface area contributed by atoms with Crippen LogP contribution in [0.1, 0.15) is 24.8 Å². The minimum Gasteiger partial charge on any atom is -0.328 e. The Labute approximate surface area is 121 Å². The van der Waals surface area contributed by atoms with E-state index in [4.69, 9.17) is 5.73 Å². The molecule has 1 fully saturated rings. The molecule has 1 aliphatic carbocycles. The second-order valence-corrected chi connectivity index (χ2v) is 7.08. The van der Waals surface area contributed by atoms with E-state index in [1.807, 2.05) is 0 Å². The maximum Gasteiger partial charge on any atom is 0.416 e. The molecule has 0 amide bonds. The van der Waals surface area contributed by atoms with Gasteiger partial charge in [-0.2, -0.15) is 13.2 Å². The van der Waals surface area contributed by atoms with Crippen LogP contribution in [0.2, 0.25) is 0 Å². The van der Waals surface area contributed by atoms with E-state index < -0.39 is 21.8 Å². The zero-order valence-corrected chi connectivity index (χ0v) is 12.0. The van der Waals surface area contributed by atoms with Crippen molar-refractivity contribution in [2.75, 3.05) is 6.54 Å². The molecule has 0 saturated heterocycles. The summed E-state index contributed by atoms with van der Waals surface area (Å²) in [6.45, 7) is 0.261. The third-order valence-electron chi connectivity index (χ3n) is 3.64. The molecule has 1 saturated carbocycles. The Balaban J connectivity index is 2.02. The SMILES string of the molecule is N[C@H]1CC[C@@H](CNS(=O)(=O)c2ccc(C(F)(F)F)cc2)C1. The number of benzene rings is 1. The summed E-state index contributed by atoms with van der Waals surface area (Å²) in [6, 6.07) is 3.56. The van der Waals surface area contributed by atoms with Gasteiger partial charge in [-0.3, -0.25) is 0 Å². The van der Waals surface area contributed by atoms with Gasteiger partial charge in [-0.15, -0.1) is 0 Å². The van der Waals surface area contributed by atoms with Crippen molar-refractivity contribution in [3.8, 4) is 0 Å². The summed E-state index contributed by atoms with van der Waals surface area (Å²) in [5.41, 5.74) is 4.88. The number of alkyl halides is 3. The molecule has 2 atom stereocenters. The number of nitrogens with two attached hydrogens (primary N) is 1. The van der Waals surface area contributed by atoms with Crippen molar-refractivity contribution in [2.24, 2.45) is 11.7 Å². The summed E-state index contributed by atoms with van der Waals surface area (Å²) in [4.78, 5) is -0.169. The van der Waals surface area contributed by atoms with Crippen molar-refractivity contribution in [2.45, 2.75) is 36.4 Å². The first-order valence-corrected chi connectivity index (χ1v) is 8.09. The number of hydrogen-bond acceptors (Lipinski definition) is 3. The van der Waals surface area contributed by atoms with Gasteiger partial charge in [0.25, 0.3) is 0 Å². The molecule has 0 unspecified atom stereocenters. The topological polar surface area (TPSA) is 72.2 Å². The first kappa shape index (κ1) is 16.3. The zero-order chi connectivity index (χ0) is 15.7. The van der Waals surface area contributed by atoms with Crippen molar-refractivity contribution < 1.29 is 21.6 Å². The van der Waals surface area contributed by atoms with E-state index in [-0.39, 0.29) is 23.4 Å². The number of halogens is 3. The van der Waals surface area contributed by atoms with Gasteiger partial charge in [0.05, 0.1) is 10.5 Å². The molecule has 1 aliphatic rings. The molecule has 8 heteroatoms. The predicted octanol–water partition coefficient (Wildman–Crippen LogP) is 2.11. The molecule has 3 N–H and O–H groups in total. The van der Waals surface area contributed by atoms with Crippen LogP contribution in [-0.4, -0.2) is 21.0 Å². The molecule has 21 heavy (non-hydrogen) atoms. The number of sulfonamides is 1. The van der Waals surface area contributed by atoms with Crippen LogP contribution in [0.3, 0.4) is 0 Å². The predicted molar refractivity (Wildman–Crippen MR) is 71.9 cm³/mol. The first-order valence-electron chi connectivity index (χ1n) is 6.61. The average Bonchev–Trinajstić information content (AvgIpc) is 2.82. The molecule has 118 valence electrons. The maximum atomic E-state index is 12.4. The molecule has 0 radical (unpaired) electrons. The smallest absolute Gasteiger partial charge is 0.328 e. The fourth-order valence-corrected chi connectivity index (χ4v) is 3.55. The lowest BCUT2D eigenvalue weighted by atomic mass is 10.1. The average molecular weight is 322 g/mol. The van der Waals surface area contributed by atoms with E-state index in [9.17, 15) is 21.6 Å². The van der Waals surface area contributed by atoms with Gasteiger partial charge in [0.1, 0.15) is 0 Å². The highest BCUT2D eigenvalue weighted by molar-refractivity contribution is 7.89. The van der Waals surface area contributed by atoms with E-state index in [2.05, 4.69) is 4.72 Å². The lowest BCUT2D eigenvalue weighted by molar-refractivity contribution is -0.137. The molecule has 0 aliphatic heterocycles. The van der Waals surface area contributed by atoms with Gasteiger partial charge in [-0.25, -0.2) is 13.1 Å². The molecular formula is C13H17F3N2O2S. The lowest BCUT2D eigenvalue weighted by Gasteiger charge is -2.12. The molecule has 0 bridgehead atoms. The Morgan fingerprint density at radius 2 is 1.81 bits per heavy atom. The quantitative estimate of drug-likeness (QED) is 0.892.